The van der Waals surface area contributed by atoms with Crippen molar-refractivity contribution in [1.29, 1.82) is 0 Å². The molecule has 0 radical (unpaired) electrons. The zero-order valence-corrected chi connectivity index (χ0v) is 11.0. The van der Waals surface area contributed by atoms with Crippen molar-refractivity contribution >= 4 is 5.97 Å². The van der Waals surface area contributed by atoms with Crippen LogP contribution in [0.2, 0.25) is 0 Å². The molecule has 4 heteroatoms. The number of methoxy groups -OCH3 is 1. The second kappa shape index (κ2) is 7.84. The zero-order chi connectivity index (χ0) is 13.4. The molecule has 0 spiro atoms. The van der Waals surface area contributed by atoms with Crippen LogP contribution in [0.25, 0.3) is 0 Å². The van der Waals surface area contributed by atoms with E-state index in [-0.39, 0.29) is 18.6 Å². The number of hydrogen-bond donors (Lipinski definition) is 2. The van der Waals surface area contributed by atoms with Gasteiger partial charge in [0.25, 0.3) is 0 Å². The topological polar surface area (TPSA) is 58.6 Å². The molecule has 1 atom stereocenters. The summed E-state index contributed by atoms with van der Waals surface area (Å²) in [6, 6.07) is 7.65. The van der Waals surface area contributed by atoms with Crippen molar-refractivity contribution < 1.29 is 14.6 Å². The van der Waals surface area contributed by atoms with Crippen molar-refractivity contribution in [3.63, 3.8) is 0 Å². The fourth-order valence-corrected chi connectivity index (χ4v) is 1.84. The molecule has 100 valence electrons. The number of benzene rings is 1. The molecule has 0 fully saturated rings. The molecule has 0 aliphatic rings. The molecular formula is C14H21NO3. The Morgan fingerprint density at radius 2 is 2.17 bits per heavy atom. The van der Waals surface area contributed by atoms with Gasteiger partial charge in [0.15, 0.2) is 0 Å². The molecule has 18 heavy (non-hydrogen) atoms. The third-order valence-electron chi connectivity index (χ3n) is 2.97. The Balaban J connectivity index is 2.69. The van der Waals surface area contributed by atoms with E-state index >= 15 is 0 Å². The van der Waals surface area contributed by atoms with E-state index in [4.69, 9.17) is 9.84 Å². The molecule has 0 amide bonds. The molecule has 1 aromatic rings. The van der Waals surface area contributed by atoms with E-state index in [0.717, 1.165) is 18.4 Å². The Morgan fingerprint density at radius 1 is 1.44 bits per heavy atom. The summed E-state index contributed by atoms with van der Waals surface area (Å²) >= 11 is 0. The van der Waals surface area contributed by atoms with E-state index in [0.29, 0.717) is 12.1 Å². The van der Waals surface area contributed by atoms with Crippen LogP contribution in [-0.2, 0) is 11.3 Å². The molecule has 0 aromatic heterocycles. The molecule has 0 saturated carbocycles. The van der Waals surface area contributed by atoms with Crippen molar-refractivity contribution in [3.8, 4) is 0 Å². The predicted octanol–water partition coefficient (Wildman–Crippen LogP) is 1.72. The smallest absolute Gasteiger partial charge is 0.338 e. The van der Waals surface area contributed by atoms with Crippen LogP contribution in [0.4, 0.5) is 0 Å². The van der Waals surface area contributed by atoms with Crippen LogP contribution in [0.5, 0.6) is 0 Å². The van der Waals surface area contributed by atoms with Gasteiger partial charge < -0.3 is 15.2 Å². The highest BCUT2D eigenvalue weighted by molar-refractivity contribution is 5.90. The lowest BCUT2D eigenvalue weighted by atomic mass is 10.1. The number of rotatable bonds is 7. The third-order valence-corrected chi connectivity index (χ3v) is 2.97. The first-order valence-corrected chi connectivity index (χ1v) is 6.23. The molecule has 2 N–H and O–H groups in total. The molecular weight excluding hydrogens is 230 g/mol. The first-order chi connectivity index (χ1) is 8.72. The van der Waals surface area contributed by atoms with Gasteiger partial charge in [-0.1, -0.05) is 25.1 Å². The fraction of sp³-hybridized carbons (Fsp3) is 0.500. The Kier molecular flexibility index (Phi) is 6.39. The molecule has 1 aromatic carbocycles. The highest BCUT2D eigenvalue weighted by atomic mass is 16.5. The van der Waals surface area contributed by atoms with E-state index in [1.54, 1.807) is 6.07 Å². The lowest BCUT2D eigenvalue weighted by Crippen LogP contribution is -2.29. The standard InChI is InChI=1S/C14H21NO3/c1-3-12(8-9-16)15-10-11-6-4-5-7-13(11)14(17)18-2/h4-7,12,15-16H,3,8-10H2,1-2H3. The average Bonchev–Trinajstić information content (AvgIpc) is 2.43. The number of aliphatic hydroxyl groups excluding tert-OH is 1. The maximum absolute atomic E-state index is 11.6. The quantitative estimate of drug-likeness (QED) is 0.724. The molecule has 1 rings (SSSR count). The molecule has 0 bridgehead atoms. The normalized spacial score (nSPS) is 12.2. The molecule has 4 nitrogen and oxygen atoms in total. The zero-order valence-electron chi connectivity index (χ0n) is 11.0. The molecule has 0 aliphatic carbocycles. The number of ether oxygens (including phenoxy) is 1. The molecule has 0 heterocycles. The van der Waals surface area contributed by atoms with Gasteiger partial charge >= 0.3 is 5.97 Å². The minimum Gasteiger partial charge on any atom is -0.465 e. The number of carbonyl (C=O) groups is 1. The van der Waals surface area contributed by atoms with E-state index in [1.807, 2.05) is 18.2 Å². The van der Waals surface area contributed by atoms with Crippen LogP contribution in [0, 0.1) is 0 Å². The van der Waals surface area contributed by atoms with E-state index in [9.17, 15) is 4.79 Å². The van der Waals surface area contributed by atoms with Gasteiger partial charge in [-0.05, 0) is 24.5 Å². The SMILES string of the molecule is CCC(CCO)NCc1ccccc1C(=O)OC. The van der Waals surface area contributed by atoms with Crippen molar-refractivity contribution in [2.24, 2.45) is 0 Å². The van der Waals surface area contributed by atoms with Gasteiger partial charge in [0.2, 0.25) is 0 Å². The Morgan fingerprint density at radius 3 is 2.78 bits per heavy atom. The summed E-state index contributed by atoms with van der Waals surface area (Å²) in [5.74, 6) is -0.317. The predicted molar refractivity (Wildman–Crippen MR) is 70.4 cm³/mol. The first kappa shape index (κ1) is 14.7. The summed E-state index contributed by atoms with van der Waals surface area (Å²) in [6.07, 6.45) is 1.66. The van der Waals surface area contributed by atoms with Crippen LogP contribution in [0.3, 0.4) is 0 Å². The van der Waals surface area contributed by atoms with E-state index in [1.165, 1.54) is 7.11 Å². The van der Waals surface area contributed by atoms with Gasteiger partial charge in [-0.15, -0.1) is 0 Å². The van der Waals surface area contributed by atoms with Crippen LogP contribution < -0.4 is 5.32 Å². The Hall–Kier alpha value is -1.39. The summed E-state index contributed by atoms with van der Waals surface area (Å²) < 4.78 is 4.75. The lowest BCUT2D eigenvalue weighted by molar-refractivity contribution is 0.0599. The number of nitrogens with one attached hydrogen (secondary N) is 1. The minimum absolute atomic E-state index is 0.171. The summed E-state index contributed by atoms with van der Waals surface area (Å²) in [4.78, 5) is 11.6. The van der Waals surface area contributed by atoms with Crippen LogP contribution in [-0.4, -0.2) is 30.8 Å². The highest BCUT2D eigenvalue weighted by Crippen LogP contribution is 2.11. The van der Waals surface area contributed by atoms with E-state index in [2.05, 4.69) is 12.2 Å². The fourth-order valence-electron chi connectivity index (χ4n) is 1.84. The number of carbonyl (C=O) groups excluding carboxylic acids is 1. The Labute approximate surface area is 108 Å². The molecule has 0 aliphatic heterocycles. The van der Waals surface area contributed by atoms with Crippen LogP contribution in [0.1, 0.15) is 35.7 Å². The van der Waals surface area contributed by atoms with E-state index < -0.39 is 0 Å². The van der Waals surface area contributed by atoms with Crippen molar-refractivity contribution in [3.05, 3.63) is 35.4 Å². The summed E-state index contributed by atoms with van der Waals surface area (Å²) in [6.45, 7) is 2.84. The lowest BCUT2D eigenvalue weighted by Gasteiger charge is -2.16. The van der Waals surface area contributed by atoms with Gasteiger partial charge in [0.1, 0.15) is 0 Å². The molecule has 0 saturated heterocycles. The minimum atomic E-state index is -0.317. The molecule has 1 unspecified atom stereocenters. The maximum Gasteiger partial charge on any atom is 0.338 e. The second-order valence-electron chi connectivity index (χ2n) is 4.15. The summed E-state index contributed by atoms with van der Waals surface area (Å²) in [7, 11) is 1.38. The van der Waals surface area contributed by atoms with Crippen molar-refractivity contribution in [1.82, 2.24) is 5.32 Å². The summed E-state index contributed by atoms with van der Waals surface area (Å²) in [5.41, 5.74) is 1.51. The number of esters is 1. The van der Waals surface area contributed by atoms with Crippen molar-refractivity contribution in [2.45, 2.75) is 32.4 Å². The highest BCUT2D eigenvalue weighted by Gasteiger charge is 2.12. The van der Waals surface area contributed by atoms with Gasteiger partial charge in [-0.25, -0.2) is 4.79 Å². The largest absolute Gasteiger partial charge is 0.465 e. The monoisotopic (exact) mass is 251 g/mol. The Bertz CT molecular complexity index is 379. The first-order valence-electron chi connectivity index (χ1n) is 6.23. The van der Waals surface area contributed by atoms with Gasteiger partial charge in [0.05, 0.1) is 12.7 Å². The van der Waals surface area contributed by atoms with Crippen LogP contribution >= 0.6 is 0 Å². The van der Waals surface area contributed by atoms with Gasteiger partial charge in [-0.3, -0.25) is 0 Å². The van der Waals surface area contributed by atoms with Crippen LogP contribution in [0.15, 0.2) is 24.3 Å². The third kappa shape index (κ3) is 4.13. The average molecular weight is 251 g/mol. The van der Waals surface area contributed by atoms with Gasteiger partial charge in [-0.2, -0.15) is 0 Å². The number of hydrogen-bond acceptors (Lipinski definition) is 4. The van der Waals surface area contributed by atoms with Gasteiger partial charge in [0, 0.05) is 19.2 Å². The second-order valence-corrected chi connectivity index (χ2v) is 4.15. The van der Waals surface area contributed by atoms with Crippen molar-refractivity contribution in [2.75, 3.05) is 13.7 Å². The maximum atomic E-state index is 11.6. The summed E-state index contributed by atoms with van der Waals surface area (Å²) in [5, 5.41) is 12.3. The number of aliphatic hydroxyl groups is 1.